The van der Waals surface area contributed by atoms with Crippen LogP contribution < -0.4 is 34.5 Å². The van der Waals surface area contributed by atoms with Crippen LogP contribution in [0, 0.1) is 0 Å². The van der Waals surface area contributed by atoms with Crippen LogP contribution in [0.1, 0.15) is 194 Å². The first kappa shape index (κ1) is 54.0. The molecule has 4 unspecified atom stereocenters. The van der Waals surface area contributed by atoms with Gasteiger partial charge in [0.1, 0.15) is 18.8 Å². The van der Waals surface area contributed by atoms with E-state index in [0.717, 1.165) is 38.5 Å². The van der Waals surface area contributed by atoms with E-state index in [2.05, 4.69) is 18.4 Å². The number of hydrogen-bond donors (Lipinski definition) is 3. The number of unbranched alkanes of at least 4 members (excludes halogenated alkanes) is 24. The Morgan fingerprint density at radius 1 is 0.577 bits per heavy atom. The minimum Gasteiger partial charge on any atom is -0.756 e. The topological polar surface area (TPSA) is 172 Å². The van der Waals surface area contributed by atoms with Crippen molar-refractivity contribution in [3.63, 3.8) is 0 Å². The van der Waals surface area contributed by atoms with Crippen LogP contribution in [0.3, 0.4) is 0 Å². The molecule has 3 N–H and O–H groups in total. The molecule has 0 aliphatic carbocycles. The van der Waals surface area contributed by atoms with Crippen molar-refractivity contribution in [3.8, 4) is 0 Å². The monoisotopic (exact) mass is 775 g/mol. The molecule has 0 aromatic rings. The Kier molecular flexibility index (Phi) is 40.7. The van der Waals surface area contributed by atoms with Crippen molar-refractivity contribution in [1.82, 2.24) is 0 Å². The molecule has 0 bridgehead atoms. The minimum absolute atomic E-state index is 0. The van der Waals surface area contributed by atoms with Crippen molar-refractivity contribution in [2.75, 3.05) is 26.4 Å². The SMILES string of the molecule is CCCCCCCCCCCCCCCC(=O)OCC(COP(=O)([O-])OC(CO)C(O)CO)OC(=O)CCCCCCCCCCCCCCC.[Na+]. The van der Waals surface area contributed by atoms with Crippen molar-refractivity contribution in [2.45, 2.75) is 212 Å². The Balaban J connectivity index is 0. The largest absolute Gasteiger partial charge is 1.00 e. The number of carbonyl (C=O) groups is 2. The van der Waals surface area contributed by atoms with E-state index in [9.17, 15) is 29.3 Å². The van der Waals surface area contributed by atoms with E-state index >= 15 is 0 Å². The van der Waals surface area contributed by atoms with Crippen molar-refractivity contribution in [3.05, 3.63) is 0 Å². The normalized spacial score (nSPS) is 14.3. The number of rotatable bonds is 39. The molecular formula is C39H76NaO11P. The van der Waals surface area contributed by atoms with E-state index in [1.54, 1.807) is 0 Å². The molecule has 11 nitrogen and oxygen atoms in total. The summed E-state index contributed by atoms with van der Waals surface area (Å²) in [6, 6.07) is 0. The van der Waals surface area contributed by atoms with Crippen LogP contribution in [0.4, 0.5) is 0 Å². The van der Waals surface area contributed by atoms with Gasteiger partial charge in [-0.3, -0.25) is 14.2 Å². The zero-order valence-corrected chi connectivity index (χ0v) is 36.3. The summed E-state index contributed by atoms with van der Waals surface area (Å²) >= 11 is 0. The number of phosphoric ester groups is 1. The smallest absolute Gasteiger partial charge is 0.756 e. The molecule has 0 heterocycles. The molecule has 0 aromatic carbocycles. The van der Waals surface area contributed by atoms with E-state index in [1.165, 1.54) is 116 Å². The number of hydrogen-bond acceptors (Lipinski definition) is 11. The summed E-state index contributed by atoms with van der Waals surface area (Å²) in [5.74, 6) is -1.02. The van der Waals surface area contributed by atoms with Gasteiger partial charge in [0.25, 0.3) is 7.82 Å². The predicted octanol–water partition coefficient (Wildman–Crippen LogP) is 5.62. The molecule has 0 radical (unpaired) electrons. The van der Waals surface area contributed by atoms with Crippen LogP contribution in [-0.4, -0.2) is 72.0 Å². The number of carbonyl (C=O) groups excluding carboxylic acids is 2. The van der Waals surface area contributed by atoms with Gasteiger partial charge in [-0.1, -0.05) is 168 Å². The van der Waals surface area contributed by atoms with E-state index in [4.69, 9.17) is 19.1 Å². The molecule has 0 aliphatic rings. The van der Waals surface area contributed by atoms with E-state index < -0.39 is 57.9 Å². The molecule has 0 aromatic heterocycles. The molecule has 0 aliphatic heterocycles. The number of phosphoric acid groups is 1. The van der Waals surface area contributed by atoms with Crippen molar-refractivity contribution < 1.29 is 82.4 Å². The predicted molar refractivity (Wildman–Crippen MR) is 200 cm³/mol. The molecule has 0 saturated heterocycles. The van der Waals surface area contributed by atoms with Crippen LogP contribution in [0.25, 0.3) is 0 Å². The Morgan fingerprint density at radius 2 is 0.942 bits per heavy atom. The van der Waals surface area contributed by atoms with Crippen molar-refractivity contribution >= 4 is 19.8 Å². The van der Waals surface area contributed by atoms with Crippen LogP contribution in [0.15, 0.2) is 0 Å². The average Bonchev–Trinajstić information content (AvgIpc) is 3.12. The molecule has 0 amide bonds. The zero-order valence-electron chi connectivity index (χ0n) is 33.4. The zero-order chi connectivity index (χ0) is 37.8. The van der Waals surface area contributed by atoms with Gasteiger partial charge in [0.15, 0.2) is 6.10 Å². The molecule has 13 heteroatoms. The van der Waals surface area contributed by atoms with Gasteiger partial charge < -0.3 is 38.7 Å². The van der Waals surface area contributed by atoms with Crippen LogP contribution >= 0.6 is 7.82 Å². The van der Waals surface area contributed by atoms with Crippen LogP contribution in [0.2, 0.25) is 0 Å². The summed E-state index contributed by atoms with van der Waals surface area (Å²) in [6.07, 6.45) is 26.6. The van der Waals surface area contributed by atoms with Crippen molar-refractivity contribution in [2.24, 2.45) is 0 Å². The Morgan fingerprint density at radius 3 is 1.31 bits per heavy atom. The summed E-state index contributed by atoms with van der Waals surface area (Å²) in [5.41, 5.74) is 0. The second-order valence-electron chi connectivity index (χ2n) is 14.1. The van der Waals surface area contributed by atoms with Gasteiger partial charge in [0, 0.05) is 12.8 Å². The average molecular weight is 775 g/mol. The maximum atomic E-state index is 12.6. The summed E-state index contributed by atoms with van der Waals surface area (Å²) in [5, 5.41) is 28.0. The number of esters is 2. The number of aliphatic hydroxyl groups excluding tert-OH is 3. The molecule has 0 spiro atoms. The second kappa shape index (κ2) is 39.2. The third-order valence-electron chi connectivity index (χ3n) is 9.18. The van der Waals surface area contributed by atoms with E-state index in [-0.39, 0.29) is 49.0 Å². The third-order valence-corrected chi connectivity index (χ3v) is 10.2. The summed E-state index contributed by atoms with van der Waals surface area (Å²) in [4.78, 5) is 37.3. The fourth-order valence-electron chi connectivity index (χ4n) is 5.91. The Hall–Kier alpha value is -0.0700. The fraction of sp³-hybridized carbons (Fsp3) is 0.949. The van der Waals surface area contributed by atoms with E-state index in [1.807, 2.05) is 0 Å². The van der Waals surface area contributed by atoms with Crippen LogP contribution in [-0.2, 0) is 32.7 Å². The number of ether oxygens (including phenoxy) is 2. The molecule has 0 fully saturated rings. The minimum atomic E-state index is -5.08. The molecule has 52 heavy (non-hydrogen) atoms. The first-order chi connectivity index (χ1) is 24.7. The van der Waals surface area contributed by atoms with Crippen LogP contribution in [0.5, 0.6) is 0 Å². The summed E-state index contributed by atoms with van der Waals surface area (Å²) in [6.45, 7) is 1.69. The Bertz CT molecular complexity index is 851. The summed E-state index contributed by atoms with van der Waals surface area (Å²) < 4.78 is 32.6. The van der Waals surface area contributed by atoms with Crippen molar-refractivity contribution in [1.29, 1.82) is 0 Å². The molecule has 0 saturated carbocycles. The van der Waals surface area contributed by atoms with Gasteiger partial charge >= 0.3 is 41.5 Å². The quantitative estimate of drug-likeness (QED) is 0.0306. The second-order valence-corrected chi connectivity index (χ2v) is 15.5. The number of aliphatic hydroxyl groups is 3. The molecule has 304 valence electrons. The van der Waals surface area contributed by atoms with E-state index in [0.29, 0.717) is 12.8 Å². The molecule has 0 rings (SSSR count). The first-order valence-electron chi connectivity index (χ1n) is 20.6. The maximum absolute atomic E-state index is 12.6. The maximum Gasteiger partial charge on any atom is 1.00 e. The molecular weight excluding hydrogens is 698 g/mol. The van der Waals surface area contributed by atoms with Gasteiger partial charge in [-0.15, -0.1) is 0 Å². The first-order valence-corrected chi connectivity index (χ1v) is 22.0. The summed E-state index contributed by atoms with van der Waals surface area (Å²) in [7, 11) is -5.08. The third kappa shape index (κ3) is 35.6. The molecule has 4 atom stereocenters. The van der Waals surface area contributed by atoms with Gasteiger partial charge in [0.05, 0.1) is 19.8 Å². The van der Waals surface area contributed by atoms with Gasteiger partial charge in [-0.2, -0.15) is 0 Å². The Labute approximate surface area is 339 Å². The van der Waals surface area contributed by atoms with Gasteiger partial charge in [-0.05, 0) is 12.8 Å². The fourth-order valence-corrected chi connectivity index (χ4v) is 6.86. The standard InChI is InChI=1S/C39H77O11P.Na/c1-3-5-7-9-11-13-15-17-19-21-23-25-27-29-38(43)47-33-35(34-48-51(45,46)50-37(32-41)36(42)31-40)49-39(44)30-28-26-24-22-20-18-16-14-12-10-8-6-4-2;/h35-37,40-42H,3-34H2,1-2H3,(H,45,46);/q;+1/p-1. The van der Waals surface area contributed by atoms with Gasteiger partial charge in [0.2, 0.25) is 0 Å². The van der Waals surface area contributed by atoms with Gasteiger partial charge in [-0.25, -0.2) is 0 Å².